The first-order valence-corrected chi connectivity index (χ1v) is 6.35. The van der Waals surface area contributed by atoms with Crippen LogP contribution in [0.5, 0.6) is 0 Å². The molecule has 13 heavy (non-hydrogen) atoms. The summed E-state index contributed by atoms with van der Waals surface area (Å²) < 4.78 is 14.4. The zero-order chi connectivity index (χ0) is 10.3. The van der Waals surface area contributed by atoms with Crippen LogP contribution in [0, 0.1) is 0 Å². The maximum atomic E-state index is 10.2. The van der Waals surface area contributed by atoms with Gasteiger partial charge in [-0.25, -0.2) is 4.57 Å². The lowest BCUT2D eigenvalue weighted by molar-refractivity contribution is 0.192. The first-order chi connectivity index (χ1) is 5.95. The van der Waals surface area contributed by atoms with E-state index in [-0.39, 0.29) is 18.0 Å². The van der Waals surface area contributed by atoms with Gasteiger partial charge in [0.15, 0.2) is 0 Å². The molecule has 80 valence electrons. The lowest BCUT2D eigenvalue weighted by atomic mass is 10.2. The highest BCUT2D eigenvalue weighted by atomic mass is 79.9. The molecule has 0 fully saturated rings. The summed E-state index contributed by atoms with van der Waals surface area (Å²) in [7, 11) is -4.30. The molecule has 0 saturated carbocycles. The molecular weight excluding hydrogens is 263 g/mol. The van der Waals surface area contributed by atoms with Gasteiger partial charge in [-0.1, -0.05) is 15.9 Å². The van der Waals surface area contributed by atoms with Gasteiger partial charge in [0.1, 0.15) is 0 Å². The summed E-state index contributed by atoms with van der Waals surface area (Å²) in [6.45, 7) is 0.120. The monoisotopic (exact) mass is 276 g/mol. The smallest absolute Gasteiger partial charge is 0.395 e. The molecule has 0 heterocycles. The van der Waals surface area contributed by atoms with Crippen molar-refractivity contribution in [2.24, 2.45) is 0 Å². The SMILES string of the molecule is O=P(O)(O)OCCCCC(Br)CO. The fourth-order valence-electron chi connectivity index (χ4n) is 0.743. The molecule has 0 radical (unpaired) electrons. The molecule has 7 heteroatoms. The third kappa shape index (κ3) is 10.5. The van der Waals surface area contributed by atoms with E-state index >= 15 is 0 Å². The topological polar surface area (TPSA) is 87.0 Å². The fourth-order valence-corrected chi connectivity index (χ4v) is 1.43. The van der Waals surface area contributed by atoms with Crippen molar-refractivity contribution in [2.75, 3.05) is 13.2 Å². The maximum Gasteiger partial charge on any atom is 0.469 e. The Kier molecular flexibility index (Phi) is 7.22. The van der Waals surface area contributed by atoms with Gasteiger partial charge in [-0.3, -0.25) is 4.52 Å². The average Bonchev–Trinajstić information content (AvgIpc) is 2.01. The van der Waals surface area contributed by atoms with E-state index in [4.69, 9.17) is 14.9 Å². The average molecular weight is 277 g/mol. The third-order valence-electron chi connectivity index (χ3n) is 1.37. The first-order valence-electron chi connectivity index (χ1n) is 3.90. The van der Waals surface area contributed by atoms with Crippen LogP contribution in [0.3, 0.4) is 0 Å². The van der Waals surface area contributed by atoms with Crippen LogP contribution < -0.4 is 0 Å². The van der Waals surface area contributed by atoms with E-state index in [0.29, 0.717) is 6.42 Å². The van der Waals surface area contributed by atoms with Crippen molar-refractivity contribution in [2.45, 2.75) is 24.1 Å². The lowest BCUT2D eigenvalue weighted by Crippen LogP contribution is -2.03. The van der Waals surface area contributed by atoms with Gasteiger partial charge in [-0.05, 0) is 19.3 Å². The molecule has 5 nitrogen and oxygen atoms in total. The molecule has 0 aliphatic rings. The highest BCUT2D eigenvalue weighted by molar-refractivity contribution is 9.09. The summed E-state index contributed by atoms with van der Waals surface area (Å²) in [6.07, 6.45) is 2.10. The number of aliphatic hydroxyl groups is 1. The van der Waals surface area contributed by atoms with E-state index in [2.05, 4.69) is 20.5 Å². The van der Waals surface area contributed by atoms with Crippen LogP contribution in [0.1, 0.15) is 19.3 Å². The summed E-state index contributed by atoms with van der Waals surface area (Å²) in [5.41, 5.74) is 0. The van der Waals surface area contributed by atoms with Crippen molar-refractivity contribution < 1.29 is 24.0 Å². The summed E-state index contributed by atoms with van der Waals surface area (Å²) in [6, 6.07) is 0. The molecule has 3 N–H and O–H groups in total. The van der Waals surface area contributed by atoms with E-state index in [9.17, 15) is 4.57 Å². The number of halogens is 1. The second-order valence-electron chi connectivity index (χ2n) is 2.60. The molecule has 1 unspecified atom stereocenters. The summed E-state index contributed by atoms with van der Waals surface area (Å²) in [5, 5.41) is 8.62. The molecule has 0 aromatic heterocycles. The van der Waals surface area contributed by atoms with E-state index < -0.39 is 7.82 Å². The fraction of sp³-hybridized carbons (Fsp3) is 1.00. The number of phosphoric acid groups is 1. The molecule has 0 bridgehead atoms. The number of unbranched alkanes of at least 4 members (excludes halogenated alkanes) is 1. The Hall–Kier alpha value is 0.550. The van der Waals surface area contributed by atoms with Gasteiger partial charge >= 0.3 is 7.82 Å². The number of hydrogen-bond acceptors (Lipinski definition) is 3. The second-order valence-corrected chi connectivity index (χ2v) is 5.13. The van der Waals surface area contributed by atoms with Crippen molar-refractivity contribution in [1.29, 1.82) is 0 Å². The normalized spacial score (nSPS) is 14.5. The molecule has 0 aliphatic heterocycles. The van der Waals surface area contributed by atoms with E-state index in [1.165, 1.54) is 0 Å². The van der Waals surface area contributed by atoms with Crippen molar-refractivity contribution in [3.8, 4) is 0 Å². The van der Waals surface area contributed by atoms with Crippen molar-refractivity contribution >= 4 is 23.8 Å². The summed E-state index contributed by atoms with van der Waals surface area (Å²) in [5.74, 6) is 0. The molecule has 0 spiro atoms. The van der Waals surface area contributed by atoms with Crippen LogP contribution >= 0.6 is 23.8 Å². The highest BCUT2D eigenvalue weighted by Crippen LogP contribution is 2.35. The number of alkyl halides is 1. The predicted octanol–water partition coefficient (Wildman–Crippen LogP) is 1.02. The predicted molar refractivity (Wildman–Crippen MR) is 51.6 cm³/mol. The lowest BCUT2D eigenvalue weighted by Gasteiger charge is -2.06. The van der Waals surface area contributed by atoms with Gasteiger partial charge in [-0.15, -0.1) is 0 Å². The van der Waals surface area contributed by atoms with Gasteiger partial charge in [-0.2, -0.15) is 0 Å². The van der Waals surface area contributed by atoms with Gasteiger partial charge in [0.25, 0.3) is 0 Å². The zero-order valence-corrected chi connectivity index (χ0v) is 9.58. The Morgan fingerprint density at radius 2 is 2.00 bits per heavy atom. The number of hydrogen-bond donors (Lipinski definition) is 3. The molecule has 0 aromatic rings. The van der Waals surface area contributed by atoms with Gasteiger partial charge in [0.05, 0.1) is 13.2 Å². The Balaban J connectivity index is 3.22. The van der Waals surface area contributed by atoms with Gasteiger partial charge in [0, 0.05) is 4.83 Å². The van der Waals surface area contributed by atoms with Crippen LogP contribution in [-0.4, -0.2) is 32.9 Å². The first kappa shape index (κ1) is 13.5. The Morgan fingerprint density at radius 3 is 2.46 bits per heavy atom. The minimum absolute atomic E-state index is 0.0510. The van der Waals surface area contributed by atoms with Crippen LogP contribution in [0.15, 0.2) is 0 Å². The van der Waals surface area contributed by atoms with E-state index in [1.54, 1.807) is 0 Å². The molecular formula is C6H14BrO5P. The van der Waals surface area contributed by atoms with Gasteiger partial charge < -0.3 is 14.9 Å². The van der Waals surface area contributed by atoms with Crippen LogP contribution in [-0.2, 0) is 9.09 Å². The quantitative estimate of drug-likeness (QED) is 0.367. The molecule has 0 amide bonds. The zero-order valence-electron chi connectivity index (χ0n) is 7.10. The standard InChI is InChI=1S/C6H14BrO5P/c7-6(5-8)3-1-2-4-12-13(9,10)11/h6,8H,1-5H2,(H2,9,10,11). The third-order valence-corrected chi connectivity index (χ3v) is 2.64. The van der Waals surface area contributed by atoms with Crippen LogP contribution in [0.2, 0.25) is 0 Å². The van der Waals surface area contributed by atoms with E-state index in [1.807, 2.05) is 0 Å². The van der Waals surface area contributed by atoms with Crippen molar-refractivity contribution in [3.05, 3.63) is 0 Å². The largest absolute Gasteiger partial charge is 0.469 e. The van der Waals surface area contributed by atoms with E-state index in [0.717, 1.165) is 12.8 Å². The number of rotatable bonds is 7. The Labute approximate surface area is 85.5 Å². The van der Waals surface area contributed by atoms with Crippen LogP contribution in [0.4, 0.5) is 0 Å². The minimum atomic E-state index is -4.30. The summed E-state index contributed by atoms with van der Waals surface area (Å²) in [4.78, 5) is 16.7. The van der Waals surface area contributed by atoms with Gasteiger partial charge in [0.2, 0.25) is 0 Å². The number of phosphoric ester groups is 1. The molecule has 1 atom stereocenters. The minimum Gasteiger partial charge on any atom is -0.395 e. The molecule has 0 saturated heterocycles. The maximum absolute atomic E-state index is 10.2. The summed E-state index contributed by atoms with van der Waals surface area (Å²) >= 11 is 3.22. The second kappa shape index (κ2) is 6.92. The Morgan fingerprint density at radius 1 is 1.38 bits per heavy atom. The van der Waals surface area contributed by atoms with Crippen molar-refractivity contribution in [1.82, 2.24) is 0 Å². The molecule has 0 aliphatic carbocycles. The van der Waals surface area contributed by atoms with Crippen LogP contribution in [0.25, 0.3) is 0 Å². The highest BCUT2D eigenvalue weighted by Gasteiger charge is 2.12. The molecule has 0 aromatic carbocycles. The number of aliphatic hydroxyl groups excluding tert-OH is 1. The Bertz CT molecular complexity index is 170. The molecule has 0 rings (SSSR count). The van der Waals surface area contributed by atoms with Crippen molar-refractivity contribution in [3.63, 3.8) is 0 Å².